The van der Waals surface area contributed by atoms with Crippen LogP contribution in [0.5, 0.6) is 0 Å². The monoisotopic (exact) mass is 227 g/mol. The van der Waals surface area contributed by atoms with Crippen LogP contribution in [0.4, 0.5) is 0 Å². The van der Waals surface area contributed by atoms with Crippen molar-refractivity contribution in [1.29, 1.82) is 0 Å². The first-order chi connectivity index (χ1) is 7.17. The zero-order chi connectivity index (χ0) is 12.6. The van der Waals surface area contributed by atoms with Crippen LogP contribution < -0.4 is 0 Å². The van der Waals surface area contributed by atoms with Gasteiger partial charge in [0.2, 0.25) is 0 Å². The lowest BCUT2D eigenvalue weighted by Gasteiger charge is -2.31. The second kappa shape index (κ2) is 4.36. The highest BCUT2D eigenvalue weighted by Crippen LogP contribution is 2.39. The average Bonchev–Trinajstić information content (AvgIpc) is 2.46. The zero-order valence-corrected chi connectivity index (χ0v) is 11.2. The van der Waals surface area contributed by atoms with E-state index in [0.29, 0.717) is 6.54 Å². The second-order valence-electron chi connectivity index (χ2n) is 6.64. The van der Waals surface area contributed by atoms with Crippen LogP contribution in [0.2, 0.25) is 0 Å². The molecule has 3 heteroatoms. The van der Waals surface area contributed by atoms with Gasteiger partial charge in [-0.05, 0) is 24.3 Å². The molecule has 0 bridgehead atoms. The van der Waals surface area contributed by atoms with Crippen LogP contribution in [-0.2, 0) is 4.79 Å². The maximum atomic E-state index is 11.4. The van der Waals surface area contributed by atoms with Gasteiger partial charge in [-0.25, -0.2) is 0 Å². The first-order valence-corrected chi connectivity index (χ1v) is 6.13. The SMILES string of the molecule is CC(C)C1(C(=O)O)CCN(CC(C)(C)C)C1. The van der Waals surface area contributed by atoms with E-state index in [9.17, 15) is 9.90 Å². The largest absolute Gasteiger partial charge is 0.481 e. The smallest absolute Gasteiger partial charge is 0.311 e. The highest BCUT2D eigenvalue weighted by atomic mass is 16.4. The zero-order valence-electron chi connectivity index (χ0n) is 11.2. The van der Waals surface area contributed by atoms with E-state index in [1.54, 1.807) is 0 Å². The average molecular weight is 227 g/mol. The van der Waals surface area contributed by atoms with Crippen molar-refractivity contribution in [1.82, 2.24) is 4.90 Å². The van der Waals surface area contributed by atoms with Crippen LogP contribution in [0.15, 0.2) is 0 Å². The molecular formula is C13H25NO2. The first-order valence-electron chi connectivity index (χ1n) is 6.13. The third kappa shape index (κ3) is 2.76. The fourth-order valence-corrected chi connectivity index (χ4v) is 2.61. The Morgan fingerprint density at radius 1 is 1.44 bits per heavy atom. The summed E-state index contributed by atoms with van der Waals surface area (Å²) in [4.78, 5) is 13.7. The van der Waals surface area contributed by atoms with Crippen molar-refractivity contribution in [2.45, 2.75) is 41.0 Å². The fourth-order valence-electron chi connectivity index (χ4n) is 2.61. The Bertz CT molecular complexity index is 268. The number of carbonyl (C=O) groups is 1. The van der Waals surface area contributed by atoms with Crippen molar-refractivity contribution >= 4 is 5.97 Å². The molecule has 0 amide bonds. The Morgan fingerprint density at radius 3 is 2.31 bits per heavy atom. The molecule has 1 N–H and O–H groups in total. The summed E-state index contributed by atoms with van der Waals surface area (Å²) < 4.78 is 0. The molecule has 0 aliphatic carbocycles. The minimum Gasteiger partial charge on any atom is -0.481 e. The maximum Gasteiger partial charge on any atom is 0.311 e. The van der Waals surface area contributed by atoms with Gasteiger partial charge in [0.1, 0.15) is 0 Å². The summed E-state index contributed by atoms with van der Waals surface area (Å²) in [7, 11) is 0. The Kier molecular flexibility index (Phi) is 3.68. The van der Waals surface area contributed by atoms with Crippen molar-refractivity contribution < 1.29 is 9.90 Å². The van der Waals surface area contributed by atoms with E-state index in [1.807, 2.05) is 13.8 Å². The third-order valence-electron chi connectivity index (χ3n) is 3.61. The van der Waals surface area contributed by atoms with E-state index in [-0.39, 0.29) is 11.3 Å². The predicted molar refractivity (Wildman–Crippen MR) is 65.4 cm³/mol. The molecule has 94 valence electrons. The number of nitrogens with zero attached hydrogens (tertiary/aromatic N) is 1. The van der Waals surface area contributed by atoms with Crippen LogP contribution in [0.3, 0.4) is 0 Å². The molecule has 1 heterocycles. The van der Waals surface area contributed by atoms with Gasteiger partial charge < -0.3 is 10.0 Å². The van der Waals surface area contributed by atoms with Gasteiger partial charge in [0.15, 0.2) is 0 Å². The van der Waals surface area contributed by atoms with Crippen LogP contribution in [0.1, 0.15) is 41.0 Å². The molecule has 1 unspecified atom stereocenters. The molecule has 0 spiro atoms. The molecule has 0 aromatic carbocycles. The predicted octanol–water partition coefficient (Wildman–Crippen LogP) is 2.47. The molecule has 0 radical (unpaired) electrons. The molecule has 1 aliphatic heterocycles. The van der Waals surface area contributed by atoms with E-state index in [2.05, 4.69) is 25.7 Å². The van der Waals surface area contributed by atoms with E-state index in [4.69, 9.17) is 0 Å². The van der Waals surface area contributed by atoms with Crippen LogP contribution in [-0.4, -0.2) is 35.6 Å². The molecule has 0 aromatic heterocycles. The summed E-state index contributed by atoms with van der Waals surface area (Å²) in [5, 5.41) is 9.42. The van der Waals surface area contributed by atoms with Gasteiger partial charge in [-0.2, -0.15) is 0 Å². The minimum atomic E-state index is -0.626. The van der Waals surface area contributed by atoms with Gasteiger partial charge in [-0.15, -0.1) is 0 Å². The number of likely N-dealkylation sites (tertiary alicyclic amines) is 1. The Balaban J connectivity index is 2.72. The highest BCUT2D eigenvalue weighted by molar-refractivity contribution is 5.75. The summed E-state index contributed by atoms with van der Waals surface area (Å²) in [5.74, 6) is -0.422. The number of hydrogen-bond acceptors (Lipinski definition) is 2. The van der Waals surface area contributed by atoms with Crippen LogP contribution in [0.25, 0.3) is 0 Å². The normalized spacial score (nSPS) is 27.6. The summed E-state index contributed by atoms with van der Waals surface area (Å²) in [5.41, 5.74) is -0.281. The molecule has 1 saturated heterocycles. The van der Waals surface area contributed by atoms with E-state index >= 15 is 0 Å². The van der Waals surface area contributed by atoms with Gasteiger partial charge in [0.25, 0.3) is 0 Å². The second-order valence-corrected chi connectivity index (χ2v) is 6.64. The van der Waals surface area contributed by atoms with E-state index < -0.39 is 11.4 Å². The first kappa shape index (κ1) is 13.5. The van der Waals surface area contributed by atoms with Crippen molar-refractivity contribution in [2.24, 2.45) is 16.7 Å². The summed E-state index contributed by atoms with van der Waals surface area (Å²) in [6, 6.07) is 0. The van der Waals surface area contributed by atoms with E-state index in [0.717, 1.165) is 19.5 Å². The van der Waals surface area contributed by atoms with Crippen molar-refractivity contribution in [3.63, 3.8) is 0 Å². The molecule has 3 nitrogen and oxygen atoms in total. The number of aliphatic carboxylic acids is 1. The molecule has 1 atom stereocenters. The number of hydrogen-bond donors (Lipinski definition) is 1. The van der Waals surface area contributed by atoms with Gasteiger partial charge in [-0.3, -0.25) is 4.79 Å². The van der Waals surface area contributed by atoms with Crippen molar-refractivity contribution in [2.75, 3.05) is 19.6 Å². The standard InChI is InChI=1S/C13H25NO2/c1-10(2)13(11(15)16)6-7-14(9-13)8-12(3,4)5/h10H,6-9H2,1-5H3,(H,15,16). The quantitative estimate of drug-likeness (QED) is 0.805. The van der Waals surface area contributed by atoms with Crippen LogP contribution >= 0.6 is 0 Å². The Morgan fingerprint density at radius 2 is 2.00 bits per heavy atom. The molecule has 0 saturated carbocycles. The number of carboxylic acids is 1. The summed E-state index contributed by atoms with van der Waals surface area (Å²) in [6.45, 7) is 13.2. The fraction of sp³-hybridized carbons (Fsp3) is 0.923. The molecule has 1 aliphatic rings. The molecule has 1 fully saturated rings. The Hall–Kier alpha value is -0.570. The van der Waals surface area contributed by atoms with Crippen molar-refractivity contribution in [3.8, 4) is 0 Å². The minimum absolute atomic E-state index is 0.204. The summed E-state index contributed by atoms with van der Waals surface area (Å²) >= 11 is 0. The molecular weight excluding hydrogens is 202 g/mol. The van der Waals surface area contributed by atoms with Crippen molar-refractivity contribution in [3.05, 3.63) is 0 Å². The van der Waals surface area contributed by atoms with E-state index in [1.165, 1.54) is 0 Å². The Labute approximate surface area is 98.8 Å². The molecule has 1 rings (SSSR count). The van der Waals surface area contributed by atoms with Crippen LogP contribution in [0, 0.1) is 16.7 Å². The summed E-state index contributed by atoms with van der Waals surface area (Å²) in [6.07, 6.45) is 0.788. The van der Waals surface area contributed by atoms with Gasteiger partial charge in [-0.1, -0.05) is 34.6 Å². The van der Waals surface area contributed by atoms with Gasteiger partial charge >= 0.3 is 5.97 Å². The number of carboxylic acid groups (broad SMARTS) is 1. The maximum absolute atomic E-state index is 11.4. The molecule has 16 heavy (non-hydrogen) atoms. The third-order valence-corrected chi connectivity index (χ3v) is 3.61. The highest BCUT2D eigenvalue weighted by Gasteiger charge is 2.47. The topological polar surface area (TPSA) is 40.5 Å². The lowest BCUT2D eigenvalue weighted by atomic mass is 9.76. The number of rotatable bonds is 3. The van der Waals surface area contributed by atoms with Gasteiger partial charge in [0.05, 0.1) is 5.41 Å². The lowest BCUT2D eigenvalue weighted by molar-refractivity contribution is -0.151. The molecule has 0 aromatic rings. The lowest BCUT2D eigenvalue weighted by Crippen LogP contribution is -2.40. The van der Waals surface area contributed by atoms with Gasteiger partial charge in [0, 0.05) is 13.1 Å².